The summed E-state index contributed by atoms with van der Waals surface area (Å²) in [6.07, 6.45) is 2.84. The molecule has 0 bridgehead atoms. The Kier molecular flexibility index (Phi) is 2.14. The summed E-state index contributed by atoms with van der Waals surface area (Å²) in [5, 5.41) is 3.60. The van der Waals surface area contributed by atoms with Crippen LogP contribution in [0.15, 0.2) is 0 Å². The number of fused-ring (bicyclic) bond motifs is 1. The average molecular weight is 156 g/mol. The molecule has 2 heteroatoms. The Morgan fingerprint density at radius 1 is 1.55 bits per heavy atom. The fraction of sp³-hybridized carbons (Fsp3) is 1.00. The molecule has 66 valence electrons. The summed E-state index contributed by atoms with van der Waals surface area (Å²) in [4.78, 5) is 2.56. The number of nitrogens with one attached hydrogen (secondary N) is 1. The van der Waals surface area contributed by atoms with Crippen LogP contribution in [0.3, 0.4) is 0 Å². The predicted octanol–water partition coefficient (Wildman–Crippen LogP) is 0.936. The number of hydrogen-bond donors (Lipinski definition) is 1. The molecule has 0 aliphatic carbocycles. The average Bonchev–Trinajstić information content (AvgIpc) is 2.46. The van der Waals surface area contributed by atoms with E-state index in [9.17, 15) is 0 Å². The summed E-state index contributed by atoms with van der Waals surface area (Å²) in [5.41, 5.74) is 0. The molecule has 2 saturated heterocycles. The van der Waals surface area contributed by atoms with E-state index >= 15 is 0 Å². The zero-order valence-electron chi connectivity index (χ0n) is 7.34. The molecule has 0 unspecified atom stereocenters. The summed E-state index contributed by atoms with van der Waals surface area (Å²) in [7, 11) is 0. The molecule has 0 saturated carbocycles. The Balaban J connectivity index is 0.000000720. The molecular formula is C9H20N2. The zero-order valence-corrected chi connectivity index (χ0v) is 7.34. The molecule has 2 nitrogen and oxygen atoms in total. The van der Waals surface area contributed by atoms with E-state index in [0.717, 1.165) is 12.0 Å². The second-order valence-electron chi connectivity index (χ2n) is 3.82. The standard InChI is InChI=1S/C9H18N2.H2/c1-2-11-6-8-4-3-5-10-9(8)7-11;/h8-10H,2-7H2,1H3;1H/t8-,9+;/m1./s1. The predicted molar refractivity (Wildman–Crippen MR) is 48.7 cm³/mol. The van der Waals surface area contributed by atoms with Gasteiger partial charge in [-0.25, -0.2) is 0 Å². The highest BCUT2D eigenvalue weighted by atomic mass is 15.2. The lowest BCUT2D eigenvalue weighted by Gasteiger charge is -2.24. The molecule has 0 aromatic heterocycles. The van der Waals surface area contributed by atoms with Gasteiger partial charge < -0.3 is 10.2 Å². The Morgan fingerprint density at radius 3 is 3.18 bits per heavy atom. The van der Waals surface area contributed by atoms with Crippen molar-refractivity contribution in [2.24, 2.45) is 5.92 Å². The first kappa shape index (κ1) is 7.56. The van der Waals surface area contributed by atoms with E-state index in [-0.39, 0.29) is 1.43 Å². The highest BCUT2D eigenvalue weighted by Crippen LogP contribution is 2.24. The molecule has 2 atom stereocenters. The monoisotopic (exact) mass is 156 g/mol. The van der Waals surface area contributed by atoms with Gasteiger partial charge in [0.2, 0.25) is 0 Å². The second-order valence-corrected chi connectivity index (χ2v) is 3.82. The van der Waals surface area contributed by atoms with Crippen molar-refractivity contribution in [1.82, 2.24) is 10.2 Å². The van der Waals surface area contributed by atoms with Crippen LogP contribution >= 0.6 is 0 Å². The van der Waals surface area contributed by atoms with Crippen LogP contribution in [0.4, 0.5) is 0 Å². The van der Waals surface area contributed by atoms with Crippen molar-refractivity contribution in [1.29, 1.82) is 0 Å². The highest BCUT2D eigenvalue weighted by Gasteiger charge is 2.32. The molecule has 2 aliphatic rings. The third-order valence-corrected chi connectivity index (χ3v) is 3.12. The van der Waals surface area contributed by atoms with Crippen LogP contribution in [-0.2, 0) is 0 Å². The van der Waals surface area contributed by atoms with Crippen LogP contribution in [0.1, 0.15) is 21.2 Å². The molecule has 2 fully saturated rings. The lowest BCUT2D eigenvalue weighted by Crippen LogP contribution is -2.40. The first-order valence-electron chi connectivity index (χ1n) is 4.86. The maximum atomic E-state index is 3.60. The third-order valence-electron chi connectivity index (χ3n) is 3.12. The zero-order chi connectivity index (χ0) is 7.68. The number of hydrogen-bond acceptors (Lipinski definition) is 2. The van der Waals surface area contributed by atoms with Crippen LogP contribution in [0.5, 0.6) is 0 Å². The third kappa shape index (κ3) is 1.42. The van der Waals surface area contributed by atoms with Gasteiger partial charge in [0.15, 0.2) is 0 Å². The number of nitrogens with zero attached hydrogens (tertiary/aromatic N) is 1. The van der Waals surface area contributed by atoms with E-state index in [4.69, 9.17) is 0 Å². The molecular weight excluding hydrogens is 136 g/mol. The van der Waals surface area contributed by atoms with Gasteiger partial charge in [0.05, 0.1) is 0 Å². The van der Waals surface area contributed by atoms with Crippen molar-refractivity contribution in [3.8, 4) is 0 Å². The first-order chi connectivity index (χ1) is 5.40. The summed E-state index contributed by atoms with van der Waals surface area (Å²) in [6.45, 7) is 7.38. The van der Waals surface area contributed by atoms with E-state index in [0.29, 0.717) is 0 Å². The van der Waals surface area contributed by atoms with Gasteiger partial charge in [-0.05, 0) is 31.8 Å². The fourth-order valence-corrected chi connectivity index (χ4v) is 2.39. The molecule has 2 rings (SSSR count). The molecule has 11 heavy (non-hydrogen) atoms. The van der Waals surface area contributed by atoms with Crippen molar-refractivity contribution >= 4 is 0 Å². The number of likely N-dealkylation sites (N-methyl/N-ethyl adjacent to an activating group) is 1. The molecule has 2 aliphatic heterocycles. The smallest absolute Gasteiger partial charge is 0.0235 e. The van der Waals surface area contributed by atoms with E-state index < -0.39 is 0 Å². The highest BCUT2D eigenvalue weighted by molar-refractivity contribution is 4.91. The minimum absolute atomic E-state index is 0. The van der Waals surface area contributed by atoms with Crippen LogP contribution < -0.4 is 5.32 Å². The van der Waals surface area contributed by atoms with E-state index in [1.807, 2.05) is 0 Å². The van der Waals surface area contributed by atoms with Gasteiger partial charge in [-0.3, -0.25) is 0 Å². The normalized spacial score (nSPS) is 39.0. The Bertz CT molecular complexity index is 126. The van der Waals surface area contributed by atoms with Gasteiger partial charge in [-0.15, -0.1) is 0 Å². The number of piperidine rings is 1. The molecule has 0 spiro atoms. The van der Waals surface area contributed by atoms with E-state index in [2.05, 4.69) is 17.1 Å². The van der Waals surface area contributed by atoms with Gasteiger partial charge in [0.1, 0.15) is 0 Å². The largest absolute Gasteiger partial charge is 0.312 e. The summed E-state index contributed by atoms with van der Waals surface area (Å²) >= 11 is 0. The van der Waals surface area contributed by atoms with Gasteiger partial charge in [-0.1, -0.05) is 6.92 Å². The van der Waals surface area contributed by atoms with Crippen LogP contribution in [0.2, 0.25) is 0 Å². The van der Waals surface area contributed by atoms with Gasteiger partial charge >= 0.3 is 0 Å². The van der Waals surface area contributed by atoms with Crippen molar-refractivity contribution in [2.45, 2.75) is 25.8 Å². The van der Waals surface area contributed by atoms with E-state index in [1.54, 1.807) is 0 Å². The van der Waals surface area contributed by atoms with Crippen molar-refractivity contribution in [3.63, 3.8) is 0 Å². The SMILES string of the molecule is CCN1C[C@H]2CCCN[C@H]2C1.[HH]. The Hall–Kier alpha value is -0.0800. The Morgan fingerprint density at radius 2 is 2.45 bits per heavy atom. The molecule has 0 aromatic carbocycles. The minimum Gasteiger partial charge on any atom is -0.312 e. The Labute approximate surface area is 70.4 Å². The summed E-state index contributed by atoms with van der Waals surface area (Å²) in [6, 6.07) is 0.823. The quantitative estimate of drug-likeness (QED) is 0.608. The number of likely N-dealkylation sites (tertiary alicyclic amines) is 1. The number of rotatable bonds is 1. The van der Waals surface area contributed by atoms with Crippen LogP contribution in [-0.4, -0.2) is 37.1 Å². The summed E-state index contributed by atoms with van der Waals surface area (Å²) < 4.78 is 0. The molecule has 1 N–H and O–H groups in total. The minimum atomic E-state index is 0. The topological polar surface area (TPSA) is 15.3 Å². The second kappa shape index (κ2) is 3.11. The summed E-state index contributed by atoms with van der Waals surface area (Å²) in [5.74, 6) is 0.962. The molecule has 0 aromatic rings. The van der Waals surface area contributed by atoms with Crippen molar-refractivity contribution in [3.05, 3.63) is 0 Å². The van der Waals surface area contributed by atoms with Crippen molar-refractivity contribution in [2.75, 3.05) is 26.2 Å². The van der Waals surface area contributed by atoms with Gasteiger partial charge in [-0.2, -0.15) is 0 Å². The van der Waals surface area contributed by atoms with Crippen LogP contribution in [0.25, 0.3) is 0 Å². The molecule has 0 amide bonds. The molecule has 0 radical (unpaired) electrons. The first-order valence-corrected chi connectivity index (χ1v) is 4.86. The molecule has 2 heterocycles. The van der Waals surface area contributed by atoms with Crippen LogP contribution in [0, 0.1) is 5.92 Å². The van der Waals surface area contributed by atoms with Crippen molar-refractivity contribution < 1.29 is 1.43 Å². The lowest BCUT2D eigenvalue weighted by atomic mass is 9.94. The van der Waals surface area contributed by atoms with Gasteiger partial charge in [0.25, 0.3) is 0 Å². The van der Waals surface area contributed by atoms with E-state index in [1.165, 1.54) is 39.0 Å². The fourth-order valence-electron chi connectivity index (χ4n) is 2.39. The maximum Gasteiger partial charge on any atom is 0.0235 e. The van der Waals surface area contributed by atoms with Gasteiger partial charge in [0, 0.05) is 20.6 Å². The lowest BCUT2D eigenvalue weighted by molar-refractivity contribution is 0.331. The maximum absolute atomic E-state index is 3.60.